The quantitative estimate of drug-likeness (QED) is 0.583. The largest absolute Gasteiger partial charge is 0.472 e. The second-order valence-electron chi connectivity index (χ2n) is 4.76. The Morgan fingerprint density at radius 1 is 1.65 bits per heavy atom. The Balaban J connectivity index is 1.98. The first kappa shape index (κ1) is 11.0. The fourth-order valence-electron chi connectivity index (χ4n) is 3.09. The van der Waals surface area contributed by atoms with Crippen LogP contribution in [-0.4, -0.2) is 47.9 Å². The first-order valence-corrected chi connectivity index (χ1v) is 5.54. The minimum absolute atomic E-state index is 0.0301. The van der Waals surface area contributed by atoms with E-state index in [1.807, 2.05) is 0 Å². The van der Waals surface area contributed by atoms with Crippen LogP contribution in [0.1, 0.15) is 6.42 Å². The third-order valence-corrected chi connectivity index (χ3v) is 3.99. The van der Waals surface area contributed by atoms with Crippen molar-refractivity contribution in [1.82, 2.24) is 0 Å². The molecule has 3 aliphatic rings. The summed E-state index contributed by atoms with van der Waals surface area (Å²) >= 11 is 0. The standard InChI is InChI=1S/C11H14O6/c1-15-9(13)6-3-16-10-8-5(6)2-7(12)11(8,14)4-17-10/h3,5,7-8,10,12,14H,2,4H2,1H3/t5-,7-,8-,10-,11+/m1/s1. The molecule has 6 heteroatoms. The zero-order chi connectivity index (χ0) is 12.2. The lowest BCUT2D eigenvalue weighted by atomic mass is 9.82. The summed E-state index contributed by atoms with van der Waals surface area (Å²) in [5, 5.41) is 20.3. The minimum atomic E-state index is -1.32. The molecule has 0 aromatic heterocycles. The van der Waals surface area contributed by atoms with Crippen molar-refractivity contribution < 1.29 is 29.2 Å². The van der Waals surface area contributed by atoms with Gasteiger partial charge in [0.2, 0.25) is 6.29 Å². The van der Waals surface area contributed by atoms with E-state index in [1.54, 1.807) is 0 Å². The third kappa shape index (κ3) is 1.28. The van der Waals surface area contributed by atoms with E-state index in [4.69, 9.17) is 9.47 Å². The SMILES string of the molecule is COC(=O)C1=CO[C@@H]2OC[C@@]3(O)[C@@H]2[C@@H]1C[C@H]3O. The number of rotatable bonds is 1. The van der Waals surface area contributed by atoms with E-state index in [-0.39, 0.29) is 12.5 Å². The topological polar surface area (TPSA) is 85.2 Å². The normalized spacial score (nSPS) is 47.1. The van der Waals surface area contributed by atoms with Crippen LogP contribution in [0.2, 0.25) is 0 Å². The molecule has 1 saturated heterocycles. The zero-order valence-electron chi connectivity index (χ0n) is 9.33. The lowest BCUT2D eigenvalue weighted by Gasteiger charge is -2.31. The highest BCUT2D eigenvalue weighted by Crippen LogP contribution is 2.52. The van der Waals surface area contributed by atoms with E-state index >= 15 is 0 Å². The second-order valence-corrected chi connectivity index (χ2v) is 4.76. The molecule has 1 saturated carbocycles. The second kappa shape index (κ2) is 3.44. The highest BCUT2D eigenvalue weighted by atomic mass is 16.7. The molecule has 3 rings (SSSR count). The summed E-state index contributed by atoms with van der Waals surface area (Å²) in [5.41, 5.74) is -0.961. The van der Waals surface area contributed by atoms with Crippen LogP contribution in [0.3, 0.4) is 0 Å². The van der Waals surface area contributed by atoms with Gasteiger partial charge in [-0.05, 0) is 6.42 Å². The van der Waals surface area contributed by atoms with Gasteiger partial charge in [0.05, 0.1) is 37.6 Å². The van der Waals surface area contributed by atoms with Crippen LogP contribution in [0.25, 0.3) is 0 Å². The lowest BCUT2D eigenvalue weighted by molar-refractivity contribution is -0.142. The number of hydrogen-bond donors (Lipinski definition) is 2. The number of ether oxygens (including phenoxy) is 3. The Morgan fingerprint density at radius 2 is 2.41 bits per heavy atom. The molecule has 0 unspecified atom stereocenters. The van der Waals surface area contributed by atoms with Gasteiger partial charge >= 0.3 is 5.97 Å². The van der Waals surface area contributed by atoms with Crippen molar-refractivity contribution in [3.8, 4) is 0 Å². The molecule has 0 aromatic rings. The molecule has 5 atom stereocenters. The van der Waals surface area contributed by atoms with Crippen molar-refractivity contribution in [1.29, 1.82) is 0 Å². The maximum Gasteiger partial charge on any atom is 0.337 e. The average Bonchev–Trinajstić information content (AvgIpc) is 2.80. The Labute approximate surface area is 97.8 Å². The lowest BCUT2D eigenvalue weighted by Crippen LogP contribution is -2.45. The van der Waals surface area contributed by atoms with Gasteiger partial charge in [-0.25, -0.2) is 4.79 Å². The van der Waals surface area contributed by atoms with Crippen LogP contribution >= 0.6 is 0 Å². The summed E-state index contributed by atoms with van der Waals surface area (Å²) in [5.74, 6) is -1.17. The van der Waals surface area contributed by atoms with E-state index in [0.29, 0.717) is 12.0 Å². The summed E-state index contributed by atoms with van der Waals surface area (Å²) in [7, 11) is 1.29. The summed E-state index contributed by atoms with van der Waals surface area (Å²) in [4.78, 5) is 11.6. The van der Waals surface area contributed by atoms with Crippen LogP contribution in [0.4, 0.5) is 0 Å². The summed E-state index contributed by atoms with van der Waals surface area (Å²) in [6.45, 7) is 0.0301. The first-order valence-electron chi connectivity index (χ1n) is 5.54. The van der Waals surface area contributed by atoms with Crippen molar-refractivity contribution in [3.63, 3.8) is 0 Å². The van der Waals surface area contributed by atoms with Gasteiger partial charge < -0.3 is 24.4 Å². The maximum absolute atomic E-state index is 11.6. The Hall–Kier alpha value is -1.11. The summed E-state index contributed by atoms with van der Waals surface area (Å²) in [6, 6.07) is 0. The van der Waals surface area contributed by atoms with Gasteiger partial charge in [-0.3, -0.25) is 0 Å². The van der Waals surface area contributed by atoms with Crippen molar-refractivity contribution in [2.75, 3.05) is 13.7 Å². The van der Waals surface area contributed by atoms with Gasteiger partial charge in [0, 0.05) is 5.92 Å². The highest BCUT2D eigenvalue weighted by molar-refractivity contribution is 5.89. The van der Waals surface area contributed by atoms with Crippen LogP contribution < -0.4 is 0 Å². The fourth-order valence-corrected chi connectivity index (χ4v) is 3.09. The number of esters is 1. The molecule has 17 heavy (non-hydrogen) atoms. The van der Waals surface area contributed by atoms with Gasteiger partial charge in [-0.2, -0.15) is 0 Å². The van der Waals surface area contributed by atoms with Gasteiger partial charge in [0.15, 0.2) is 0 Å². The van der Waals surface area contributed by atoms with Gasteiger partial charge in [0.1, 0.15) is 5.60 Å². The molecule has 2 fully saturated rings. The molecule has 6 nitrogen and oxygen atoms in total. The monoisotopic (exact) mass is 242 g/mol. The molecule has 0 radical (unpaired) electrons. The molecule has 94 valence electrons. The van der Waals surface area contributed by atoms with Crippen LogP contribution in [-0.2, 0) is 19.0 Å². The number of methoxy groups -OCH3 is 1. The van der Waals surface area contributed by atoms with E-state index < -0.39 is 29.9 Å². The predicted octanol–water partition coefficient (Wildman–Crippen LogP) is -0.842. The van der Waals surface area contributed by atoms with Gasteiger partial charge in [-0.15, -0.1) is 0 Å². The number of carbonyl (C=O) groups is 1. The van der Waals surface area contributed by atoms with Crippen LogP contribution in [0.5, 0.6) is 0 Å². The average molecular weight is 242 g/mol. The van der Waals surface area contributed by atoms with Crippen LogP contribution in [0.15, 0.2) is 11.8 Å². The van der Waals surface area contributed by atoms with E-state index in [9.17, 15) is 15.0 Å². The van der Waals surface area contributed by atoms with E-state index in [1.165, 1.54) is 13.4 Å². The molecule has 0 spiro atoms. The fraction of sp³-hybridized carbons (Fsp3) is 0.727. The molecular formula is C11H14O6. The molecule has 0 amide bonds. The maximum atomic E-state index is 11.6. The summed E-state index contributed by atoms with van der Waals surface area (Å²) in [6.07, 6.45) is 0.153. The number of carbonyl (C=O) groups excluding carboxylic acids is 1. The molecular weight excluding hydrogens is 228 g/mol. The van der Waals surface area contributed by atoms with Crippen LogP contribution in [0, 0.1) is 11.8 Å². The van der Waals surface area contributed by atoms with Gasteiger partial charge in [0.25, 0.3) is 0 Å². The minimum Gasteiger partial charge on any atom is -0.472 e. The van der Waals surface area contributed by atoms with Crippen molar-refractivity contribution in [3.05, 3.63) is 11.8 Å². The third-order valence-electron chi connectivity index (χ3n) is 3.99. The molecule has 2 N–H and O–H groups in total. The number of aliphatic hydroxyl groups is 2. The first-order chi connectivity index (χ1) is 8.08. The Morgan fingerprint density at radius 3 is 3.12 bits per heavy atom. The Bertz CT molecular complexity index is 391. The summed E-state index contributed by atoms with van der Waals surface area (Å²) < 4.78 is 15.2. The van der Waals surface area contributed by atoms with Crippen molar-refractivity contribution in [2.45, 2.75) is 24.4 Å². The van der Waals surface area contributed by atoms with Gasteiger partial charge in [-0.1, -0.05) is 0 Å². The Kier molecular flexibility index (Phi) is 2.23. The smallest absolute Gasteiger partial charge is 0.337 e. The predicted molar refractivity (Wildman–Crippen MR) is 53.5 cm³/mol. The molecule has 2 aliphatic heterocycles. The van der Waals surface area contributed by atoms with Crippen molar-refractivity contribution in [2.24, 2.45) is 11.8 Å². The molecule has 1 aliphatic carbocycles. The highest BCUT2D eigenvalue weighted by Gasteiger charge is 2.65. The van der Waals surface area contributed by atoms with Crippen molar-refractivity contribution >= 4 is 5.97 Å². The number of hydrogen-bond acceptors (Lipinski definition) is 6. The number of aliphatic hydroxyl groups excluding tert-OH is 1. The zero-order valence-corrected chi connectivity index (χ0v) is 9.33. The van der Waals surface area contributed by atoms with E-state index in [2.05, 4.69) is 4.74 Å². The van der Waals surface area contributed by atoms with E-state index in [0.717, 1.165) is 0 Å². The molecule has 0 aromatic carbocycles. The molecule has 0 bridgehead atoms. The molecule has 2 heterocycles.